The van der Waals surface area contributed by atoms with E-state index in [0.29, 0.717) is 18.6 Å². The van der Waals surface area contributed by atoms with E-state index in [9.17, 15) is 4.79 Å². The van der Waals surface area contributed by atoms with Crippen LogP contribution in [-0.2, 0) is 4.79 Å². The van der Waals surface area contributed by atoms with Gasteiger partial charge >= 0.3 is 0 Å². The van der Waals surface area contributed by atoms with Crippen LogP contribution in [0.15, 0.2) is 0 Å². The van der Waals surface area contributed by atoms with Crippen LogP contribution in [0.1, 0.15) is 25.7 Å². The highest BCUT2D eigenvalue weighted by molar-refractivity contribution is 5.75. The van der Waals surface area contributed by atoms with Crippen molar-refractivity contribution in [3.05, 3.63) is 0 Å². The van der Waals surface area contributed by atoms with Gasteiger partial charge < -0.3 is 16.0 Å². The van der Waals surface area contributed by atoms with Gasteiger partial charge in [-0.2, -0.15) is 0 Å². The molecule has 18 heavy (non-hydrogen) atoms. The molecule has 0 aliphatic carbocycles. The molecule has 2 rings (SSSR count). The molecule has 0 bridgehead atoms. The summed E-state index contributed by atoms with van der Waals surface area (Å²) in [6.07, 6.45) is 4.80. The summed E-state index contributed by atoms with van der Waals surface area (Å²) < 4.78 is 0. The van der Waals surface area contributed by atoms with E-state index in [1.807, 2.05) is 0 Å². The number of nitrogens with two attached hydrogens (primary N) is 1. The SMILES string of the molecule is CN1CCC(NC2CCN(CC(N)=O)CC2)CC1. The molecular weight excluding hydrogens is 228 g/mol. The molecule has 2 aliphatic heterocycles. The first-order valence-electron chi connectivity index (χ1n) is 7.09. The van der Waals surface area contributed by atoms with E-state index >= 15 is 0 Å². The van der Waals surface area contributed by atoms with Crippen molar-refractivity contribution in [1.29, 1.82) is 0 Å². The maximum Gasteiger partial charge on any atom is 0.231 e. The molecule has 0 atom stereocenters. The molecule has 0 unspecified atom stereocenters. The molecule has 0 aromatic rings. The second kappa shape index (κ2) is 6.50. The largest absolute Gasteiger partial charge is 0.369 e. The van der Waals surface area contributed by atoms with Crippen LogP contribution in [0, 0.1) is 0 Å². The minimum Gasteiger partial charge on any atom is -0.369 e. The average Bonchev–Trinajstić information content (AvgIpc) is 2.34. The van der Waals surface area contributed by atoms with E-state index in [1.54, 1.807) is 0 Å². The predicted octanol–water partition coefficient (Wildman–Crippen LogP) is -0.380. The Morgan fingerprint density at radius 1 is 1.11 bits per heavy atom. The molecule has 0 aromatic heterocycles. The van der Waals surface area contributed by atoms with Gasteiger partial charge in [0.05, 0.1) is 6.54 Å². The van der Waals surface area contributed by atoms with Crippen molar-refractivity contribution < 1.29 is 4.79 Å². The monoisotopic (exact) mass is 254 g/mol. The van der Waals surface area contributed by atoms with Gasteiger partial charge in [0.15, 0.2) is 0 Å². The number of likely N-dealkylation sites (tertiary alicyclic amines) is 2. The van der Waals surface area contributed by atoms with Crippen molar-refractivity contribution in [1.82, 2.24) is 15.1 Å². The van der Waals surface area contributed by atoms with Crippen LogP contribution < -0.4 is 11.1 Å². The predicted molar refractivity (Wildman–Crippen MR) is 72.3 cm³/mol. The van der Waals surface area contributed by atoms with E-state index in [4.69, 9.17) is 5.73 Å². The van der Waals surface area contributed by atoms with E-state index in [2.05, 4.69) is 22.2 Å². The van der Waals surface area contributed by atoms with Crippen molar-refractivity contribution in [2.45, 2.75) is 37.8 Å². The number of primary amides is 1. The summed E-state index contributed by atoms with van der Waals surface area (Å²) in [6.45, 7) is 4.82. The second-order valence-corrected chi connectivity index (χ2v) is 5.76. The first-order valence-corrected chi connectivity index (χ1v) is 7.09. The van der Waals surface area contributed by atoms with Crippen LogP contribution in [0.5, 0.6) is 0 Å². The van der Waals surface area contributed by atoms with Gasteiger partial charge in [-0.3, -0.25) is 9.69 Å². The number of hydrogen-bond donors (Lipinski definition) is 2. The Hall–Kier alpha value is -0.650. The molecule has 3 N–H and O–H groups in total. The minimum atomic E-state index is -0.211. The van der Waals surface area contributed by atoms with E-state index < -0.39 is 0 Å². The Morgan fingerprint density at radius 2 is 1.61 bits per heavy atom. The third-order valence-corrected chi connectivity index (χ3v) is 4.16. The van der Waals surface area contributed by atoms with Crippen LogP contribution in [0.2, 0.25) is 0 Å². The number of nitrogens with one attached hydrogen (secondary N) is 1. The molecule has 0 spiro atoms. The second-order valence-electron chi connectivity index (χ2n) is 5.76. The topological polar surface area (TPSA) is 61.6 Å². The zero-order valence-corrected chi connectivity index (χ0v) is 11.4. The number of piperidine rings is 2. The fraction of sp³-hybridized carbons (Fsp3) is 0.923. The molecule has 104 valence electrons. The van der Waals surface area contributed by atoms with Gasteiger partial charge in [-0.1, -0.05) is 0 Å². The molecular formula is C13H26N4O. The van der Waals surface area contributed by atoms with E-state index in [-0.39, 0.29) is 5.91 Å². The summed E-state index contributed by atoms with van der Waals surface area (Å²) in [5.41, 5.74) is 5.22. The molecule has 2 fully saturated rings. The van der Waals surface area contributed by atoms with Crippen molar-refractivity contribution in [3.63, 3.8) is 0 Å². The van der Waals surface area contributed by atoms with Gasteiger partial charge in [-0.15, -0.1) is 0 Å². The van der Waals surface area contributed by atoms with Gasteiger partial charge in [-0.25, -0.2) is 0 Å². The van der Waals surface area contributed by atoms with Crippen molar-refractivity contribution in [3.8, 4) is 0 Å². The third-order valence-electron chi connectivity index (χ3n) is 4.16. The normalized spacial score (nSPS) is 25.4. The lowest BCUT2D eigenvalue weighted by Crippen LogP contribution is -2.50. The fourth-order valence-corrected chi connectivity index (χ4v) is 2.99. The summed E-state index contributed by atoms with van der Waals surface area (Å²) in [6, 6.07) is 1.32. The number of carbonyl (C=O) groups excluding carboxylic acids is 1. The molecule has 5 heteroatoms. The minimum absolute atomic E-state index is 0.211. The maximum atomic E-state index is 10.9. The standard InChI is InChI=1S/C13H26N4O/c1-16-6-2-11(3-7-16)15-12-4-8-17(9-5-12)10-13(14)18/h11-12,15H,2-10H2,1H3,(H2,14,18). The van der Waals surface area contributed by atoms with Crippen LogP contribution in [0.25, 0.3) is 0 Å². The molecule has 1 amide bonds. The lowest BCUT2D eigenvalue weighted by molar-refractivity contribution is -0.119. The highest BCUT2D eigenvalue weighted by atomic mass is 16.1. The summed E-state index contributed by atoms with van der Waals surface area (Å²) >= 11 is 0. The van der Waals surface area contributed by atoms with Crippen molar-refractivity contribution in [2.24, 2.45) is 5.73 Å². The van der Waals surface area contributed by atoms with E-state index in [0.717, 1.165) is 25.9 Å². The molecule has 0 radical (unpaired) electrons. The number of rotatable bonds is 4. The van der Waals surface area contributed by atoms with Gasteiger partial charge in [0.1, 0.15) is 0 Å². The van der Waals surface area contributed by atoms with Gasteiger partial charge in [0, 0.05) is 25.2 Å². The van der Waals surface area contributed by atoms with Crippen LogP contribution >= 0.6 is 0 Å². The lowest BCUT2D eigenvalue weighted by atomic mass is 10.00. The zero-order valence-electron chi connectivity index (χ0n) is 11.4. The van der Waals surface area contributed by atoms with E-state index in [1.165, 1.54) is 25.9 Å². The number of nitrogens with zero attached hydrogens (tertiary/aromatic N) is 2. The number of hydrogen-bond acceptors (Lipinski definition) is 4. The molecule has 0 aromatic carbocycles. The first kappa shape index (κ1) is 13.8. The summed E-state index contributed by atoms with van der Waals surface area (Å²) in [5, 5.41) is 3.78. The quantitative estimate of drug-likeness (QED) is 0.718. The van der Waals surface area contributed by atoms with Crippen molar-refractivity contribution in [2.75, 3.05) is 39.8 Å². The summed E-state index contributed by atoms with van der Waals surface area (Å²) in [5.74, 6) is -0.211. The Bertz CT molecular complexity index is 268. The first-order chi connectivity index (χ1) is 8.63. The van der Waals surface area contributed by atoms with Crippen LogP contribution in [-0.4, -0.2) is 67.6 Å². The highest BCUT2D eigenvalue weighted by Gasteiger charge is 2.24. The zero-order chi connectivity index (χ0) is 13.0. The maximum absolute atomic E-state index is 10.9. The van der Waals surface area contributed by atoms with Crippen LogP contribution in [0.4, 0.5) is 0 Å². The fourth-order valence-electron chi connectivity index (χ4n) is 2.99. The number of carbonyl (C=O) groups is 1. The summed E-state index contributed by atoms with van der Waals surface area (Å²) in [7, 11) is 2.19. The van der Waals surface area contributed by atoms with Gasteiger partial charge in [0.2, 0.25) is 5.91 Å². The highest BCUT2D eigenvalue weighted by Crippen LogP contribution is 2.14. The number of amides is 1. The Balaban J connectivity index is 1.65. The molecule has 2 aliphatic rings. The molecule has 2 heterocycles. The molecule has 0 saturated carbocycles. The molecule has 2 saturated heterocycles. The van der Waals surface area contributed by atoms with Gasteiger partial charge in [-0.05, 0) is 45.8 Å². The Kier molecular flexibility index (Phi) is 4.97. The Morgan fingerprint density at radius 3 is 2.11 bits per heavy atom. The Labute approximate surface area is 110 Å². The third kappa shape index (κ3) is 4.23. The molecule has 5 nitrogen and oxygen atoms in total. The average molecular weight is 254 g/mol. The van der Waals surface area contributed by atoms with Crippen molar-refractivity contribution >= 4 is 5.91 Å². The smallest absolute Gasteiger partial charge is 0.231 e. The van der Waals surface area contributed by atoms with Crippen LogP contribution in [0.3, 0.4) is 0 Å². The van der Waals surface area contributed by atoms with Gasteiger partial charge in [0.25, 0.3) is 0 Å². The lowest BCUT2D eigenvalue weighted by Gasteiger charge is -2.36. The summed E-state index contributed by atoms with van der Waals surface area (Å²) in [4.78, 5) is 15.4.